The molecular formula is C19H33NO8. The van der Waals surface area contributed by atoms with E-state index in [-0.39, 0.29) is 50.2 Å². The van der Waals surface area contributed by atoms with Gasteiger partial charge in [0, 0.05) is 29.5 Å². The normalized spacial score (nSPS) is 16.9. The zero-order chi connectivity index (χ0) is 21.6. The Balaban J connectivity index is 0.000000684. The standard InChI is InChI=1S/C13H19NO5.C6H14O3/c1-9(12(15)16)3-4-10(2)13(17)19-7-5-11-14-6-8-18-11;1-2-6(3-7,4-8)5-9/h3,11,14H,2,4-8H2,1H3,(H,15,16);7-9H,2-5H2,1H3. The number of ether oxygens (including phenoxy) is 2. The molecule has 9 nitrogen and oxygen atoms in total. The van der Waals surface area contributed by atoms with Gasteiger partial charge in [-0.05, 0) is 19.8 Å². The van der Waals surface area contributed by atoms with Gasteiger partial charge in [0.2, 0.25) is 0 Å². The largest absolute Gasteiger partial charge is 0.478 e. The lowest BCUT2D eigenvalue weighted by molar-refractivity contribution is -0.140. The minimum atomic E-state index is -1.01. The number of aliphatic hydroxyl groups is 3. The minimum absolute atomic E-state index is 0.0600. The molecule has 0 saturated carbocycles. The Morgan fingerprint density at radius 2 is 1.89 bits per heavy atom. The minimum Gasteiger partial charge on any atom is -0.478 e. The molecule has 1 aliphatic heterocycles. The van der Waals surface area contributed by atoms with Gasteiger partial charge in [0.25, 0.3) is 0 Å². The highest BCUT2D eigenvalue weighted by atomic mass is 16.5. The summed E-state index contributed by atoms with van der Waals surface area (Å²) in [5, 5.41) is 37.7. The van der Waals surface area contributed by atoms with Crippen LogP contribution in [0.5, 0.6) is 0 Å². The molecule has 1 saturated heterocycles. The summed E-state index contributed by atoms with van der Waals surface area (Å²) in [6.45, 7) is 8.12. The molecule has 0 amide bonds. The van der Waals surface area contributed by atoms with Crippen molar-refractivity contribution < 1.29 is 39.5 Å². The Hall–Kier alpha value is -1.78. The van der Waals surface area contributed by atoms with Gasteiger partial charge in [-0.25, -0.2) is 9.59 Å². The number of hydrogen-bond acceptors (Lipinski definition) is 8. The van der Waals surface area contributed by atoms with Crippen LogP contribution in [0.3, 0.4) is 0 Å². The van der Waals surface area contributed by atoms with Gasteiger partial charge in [-0.15, -0.1) is 0 Å². The topological polar surface area (TPSA) is 146 Å². The van der Waals surface area contributed by atoms with Crippen LogP contribution in [0.15, 0.2) is 23.8 Å². The van der Waals surface area contributed by atoms with E-state index in [2.05, 4.69) is 11.9 Å². The Morgan fingerprint density at radius 1 is 1.29 bits per heavy atom. The first-order chi connectivity index (χ1) is 13.2. The van der Waals surface area contributed by atoms with Crippen LogP contribution in [-0.2, 0) is 19.1 Å². The molecule has 1 unspecified atom stereocenters. The summed E-state index contributed by atoms with van der Waals surface area (Å²) in [4.78, 5) is 22.1. The predicted octanol–water partition coefficient (Wildman–Crippen LogP) is 0.203. The second-order valence-corrected chi connectivity index (χ2v) is 6.57. The molecule has 162 valence electrons. The lowest BCUT2D eigenvalue weighted by Crippen LogP contribution is -2.32. The number of hydrogen-bond donors (Lipinski definition) is 5. The van der Waals surface area contributed by atoms with Crippen molar-refractivity contribution in [3.8, 4) is 0 Å². The van der Waals surface area contributed by atoms with Crippen LogP contribution in [0.4, 0.5) is 0 Å². The molecule has 0 bridgehead atoms. The lowest BCUT2D eigenvalue weighted by atomic mass is 9.88. The average molecular weight is 403 g/mol. The molecule has 0 aliphatic carbocycles. The number of carbonyl (C=O) groups is 2. The van der Waals surface area contributed by atoms with Crippen molar-refractivity contribution >= 4 is 11.9 Å². The second kappa shape index (κ2) is 14.3. The molecule has 0 aromatic rings. The van der Waals surface area contributed by atoms with Crippen molar-refractivity contribution in [1.82, 2.24) is 5.32 Å². The van der Waals surface area contributed by atoms with Crippen molar-refractivity contribution in [2.24, 2.45) is 5.41 Å². The van der Waals surface area contributed by atoms with E-state index < -0.39 is 17.4 Å². The molecular weight excluding hydrogens is 370 g/mol. The highest BCUT2D eigenvalue weighted by Crippen LogP contribution is 2.18. The quantitative estimate of drug-likeness (QED) is 0.241. The Labute approximate surface area is 165 Å². The van der Waals surface area contributed by atoms with Crippen LogP contribution >= 0.6 is 0 Å². The SMILES string of the molecule is C=C(CC=C(C)C(=O)O)C(=O)OCCC1NCCO1.CCC(CO)(CO)CO. The number of aliphatic hydroxyl groups excluding tert-OH is 3. The number of rotatable bonds is 11. The zero-order valence-electron chi connectivity index (χ0n) is 16.6. The number of carbonyl (C=O) groups excluding carboxylic acids is 1. The van der Waals surface area contributed by atoms with Gasteiger partial charge in [0.1, 0.15) is 6.23 Å². The van der Waals surface area contributed by atoms with E-state index in [1.807, 2.05) is 6.92 Å². The van der Waals surface area contributed by atoms with Crippen LogP contribution in [0.1, 0.15) is 33.1 Å². The molecule has 1 heterocycles. The van der Waals surface area contributed by atoms with E-state index in [1.54, 1.807) is 0 Å². The fraction of sp³-hybridized carbons (Fsp3) is 0.684. The molecule has 9 heteroatoms. The van der Waals surface area contributed by atoms with Gasteiger partial charge in [0.05, 0.1) is 33.0 Å². The lowest BCUT2D eigenvalue weighted by Gasteiger charge is -2.24. The van der Waals surface area contributed by atoms with Gasteiger partial charge in [-0.3, -0.25) is 5.32 Å². The molecule has 0 spiro atoms. The smallest absolute Gasteiger partial charge is 0.333 e. The average Bonchev–Trinajstić information content (AvgIpc) is 3.22. The Bertz CT molecular complexity index is 505. The third-order valence-corrected chi connectivity index (χ3v) is 4.44. The molecule has 28 heavy (non-hydrogen) atoms. The van der Waals surface area contributed by atoms with E-state index in [0.717, 1.165) is 6.54 Å². The second-order valence-electron chi connectivity index (χ2n) is 6.57. The van der Waals surface area contributed by atoms with Crippen molar-refractivity contribution in [2.45, 2.75) is 39.3 Å². The van der Waals surface area contributed by atoms with Crippen molar-refractivity contribution in [3.05, 3.63) is 23.8 Å². The summed E-state index contributed by atoms with van der Waals surface area (Å²) in [6, 6.07) is 0. The van der Waals surface area contributed by atoms with E-state index in [1.165, 1.54) is 13.0 Å². The first kappa shape index (κ1) is 26.2. The van der Waals surface area contributed by atoms with Gasteiger partial charge in [0.15, 0.2) is 0 Å². The van der Waals surface area contributed by atoms with Crippen molar-refractivity contribution in [3.63, 3.8) is 0 Å². The highest BCUT2D eigenvalue weighted by Gasteiger charge is 2.24. The predicted molar refractivity (Wildman–Crippen MR) is 102 cm³/mol. The summed E-state index contributed by atoms with van der Waals surface area (Å²) >= 11 is 0. The number of carboxylic acids is 1. The van der Waals surface area contributed by atoms with Gasteiger partial charge < -0.3 is 29.9 Å². The Morgan fingerprint density at radius 3 is 2.29 bits per heavy atom. The van der Waals surface area contributed by atoms with E-state index in [9.17, 15) is 9.59 Å². The van der Waals surface area contributed by atoms with Crippen molar-refractivity contribution in [2.75, 3.05) is 39.6 Å². The maximum Gasteiger partial charge on any atom is 0.333 e. The fourth-order valence-electron chi connectivity index (χ4n) is 1.96. The van der Waals surface area contributed by atoms with Crippen LogP contribution < -0.4 is 5.32 Å². The van der Waals surface area contributed by atoms with E-state index in [0.29, 0.717) is 19.4 Å². The first-order valence-electron chi connectivity index (χ1n) is 9.17. The Kier molecular flexibility index (Phi) is 13.3. The summed E-state index contributed by atoms with van der Waals surface area (Å²) in [6.07, 6.45) is 2.73. The van der Waals surface area contributed by atoms with Crippen LogP contribution in [0, 0.1) is 5.41 Å². The van der Waals surface area contributed by atoms with Gasteiger partial charge in [-0.1, -0.05) is 19.6 Å². The van der Waals surface area contributed by atoms with E-state index in [4.69, 9.17) is 29.9 Å². The maximum atomic E-state index is 11.5. The van der Waals surface area contributed by atoms with Crippen LogP contribution in [-0.4, -0.2) is 78.2 Å². The summed E-state index contributed by atoms with van der Waals surface area (Å²) in [7, 11) is 0. The molecule has 1 fully saturated rings. The number of carboxylic acid groups (broad SMARTS) is 1. The molecule has 0 aromatic heterocycles. The van der Waals surface area contributed by atoms with Gasteiger partial charge >= 0.3 is 11.9 Å². The maximum absolute atomic E-state index is 11.5. The number of nitrogens with one attached hydrogen (secondary N) is 1. The molecule has 0 radical (unpaired) electrons. The molecule has 1 rings (SSSR count). The third kappa shape index (κ3) is 9.95. The zero-order valence-corrected chi connectivity index (χ0v) is 16.6. The van der Waals surface area contributed by atoms with Crippen LogP contribution in [0.2, 0.25) is 0 Å². The third-order valence-electron chi connectivity index (χ3n) is 4.44. The van der Waals surface area contributed by atoms with Crippen LogP contribution in [0.25, 0.3) is 0 Å². The molecule has 1 atom stereocenters. The monoisotopic (exact) mass is 403 g/mol. The number of allylic oxidation sites excluding steroid dienone is 1. The van der Waals surface area contributed by atoms with E-state index >= 15 is 0 Å². The summed E-state index contributed by atoms with van der Waals surface area (Å²) in [5.41, 5.74) is -0.251. The summed E-state index contributed by atoms with van der Waals surface area (Å²) < 4.78 is 10.3. The fourth-order valence-corrected chi connectivity index (χ4v) is 1.96. The molecule has 5 N–H and O–H groups in total. The summed E-state index contributed by atoms with van der Waals surface area (Å²) in [5.74, 6) is -1.52. The number of aliphatic carboxylic acids is 1. The first-order valence-corrected chi connectivity index (χ1v) is 9.17. The van der Waals surface area contributed by atoms with Gasteiger partial charge in [-0.2, -0.15) is 0 Å². The van der Waals surface area contributed by atoms with Crippen molar-refractivity contribution in [1.29, 1.82) is 0 Å². The highest BCUT2D eigenvalue weighted by molar-refractivity contribution is 5.89. The molecule has 0 aromatic carbocycles. The molecule has 1 aliphatic rings. The number of esters is 1.